The van der Waals surface area contributed by atoms with Crippen LogP contribution in [0, 0.1) is 0 Å². The molecule has 0 atom stereocenters. The molecule has 2 N–H and O–H groups in total. The molecule has 3 rings (SSSR count). The number of benzene rings is 1. The highest BCUT2D eigenvalue weighted by Gasteiger charge is 2.18. The number of aromatic nitrogens is 1. The summed E-state index contributed by atoms with van der Waals surface area (Å²) in [5.74, 6) is 0.00878. The second-order valence-corrected chi connectivity index (χ2v) is 5.61. The molecule has 0 aliphatic rings. The Balaban J connectivity index is 1.97. The van der Waals surface area contributed by atoms with Crippen molar-refractivity contribution < 1.29 is 9.21 Å². The van der Waals surface area contributed by atoms with E-state index in [0.29, 0.717) is 29.3 Å². The molecule has 2 heterocycles. The Morgan fingerprint density at radius 1 is 1.45 bits per heavy atom. The maximum atomic E-state index is 12.3. The SMILES string of the molecule is NCCc1nc(C(=O)c2cc3cccc(Cl)c3o2)cs1. The van der Waals surface area contributed by atoms with Gasteiger partial charge in [0.2, 0.25) is 5.78 Å². The first kappa shape index (κ1) is 13.3. The van der Waals surface area contributed by atoms with Crippen LogP contribution in [-0.2, 0) is 6.42 Å². The van der Waals surface area contributed by atoms with Crippen LogP contribution in [0.5, 0.6) is 0 Å². The highest BCUT2D eigenvalue weighted by atomic mass is 35.5. The quantitative estimate of drug-likeness (QED) is 0.751. The van der Waals surface area contributed by atoms with Gasteiger partial charge in [-0.1, -0.05) is 23.7 Å². The van der Waals surface area contributed by atoms with Crippen molar-refractivity contribution in [2.45, 2.75) is 6.42 Å². The van der Waals surface area contributed by atoms with Crippen molar-refractivity contribution in [1.29, 1.82) is 0 Å². The number of carbonyl (C=O) groups excluding carboxylic acids is 1. The van der Waals surface area contributed by atoms with E-state index in [9.17, 15) is 4.79 Å². The third-order valence-corrected chi connectivity index (χ3v) is 4.07. The molecule has 0 spiro atoms. The monoisotopic (exact) mass is 306 g/mol. The molecular formula is C14H11ClN2O2S. The van der Waals surface area contributed by atoms with E-state index >= 15 is 0 Å². The van der Waals surface area contributed by atoms with E-state index in [-0.39, 0.29) is 11.5 Å². The third kappa shape index (κ3) is 2.35. The van der Waals surface area contributed by atoms with Crippen LogP contribution in [0.2, 0.25) is 5.02 Å². The fourth-order valence-corrected chi connectivity index (χ4v) is 2.93. The summed E-state index contributed by atoms with van der Waals surface area (Å²) in [6.45, 7) is 0.515. The second kappa shape index (κ2) is 5.36. The van der Waals surface area contributed by atoms with E-state index in [0.717, 1.165) is 10.4 Å². The van der Waals surface area contributed by atoms with Crippen molar-refractivity contribution in [1.82, 2.24) is 4.98 Å². The van der Waals surface area contributed by atoms with Gasteiger partial charge in [-0.2, -0.15) is 0 Å². The highest BCUT2D eigenvalue weighted by molar-refractivity contribution is 7.09. The maximum absolute atomic E-state index is 12.3. The van der Waals surface area contributed by atoms with Gasteiger partial charge in [0.1, 0.15) is 5.69 Å². The van der Waals surface area contributed by atoms with Crippen molar-refractivity contribution in [3.05, 3.63) is 51.1 Å². The molecule has 0 saturated carbocycles. The number of hydrogen-bond acceptors (Lipinski definition) is 5. The van der Waals surface area contributed by atoms with Gasteiger partial charge in [0.15, 0.2) is 11.3 Å². The smallest absolute Gasteiger partial charge is 0.247 e. The number of hydrogen-bond donors (Lipinski definition) is 1. The summed E-state index contributed by atoms with van der Waals surface area (Å²) in [6, 6.07) is 7.08. The van der Waals surface area contributed by atoms with Gasteiger partial charge in [0.25, 0.3) is 0 Å². The van der Waals surface area contributed by atoms with Crippen molar-refractivity contribution >= 4 is 39.7 Å². The Morgan fingerprint density at radius 2 is 2.30 bits per heavy atom. The minimum absolute atomic E-state index is 0.239. The number of nitrogens with two attached hydrogens (primary N) is 1. The highest BCUT2D eigenvalue weighted by Crippen LogP contribution is 2.27. The summed E-state index contributed by atoms with van der Waals surface area (Å²) < 4.78 is 5.54. The average molecular weight is 307 g/mol. The number of thiazole rings is 1. The maximum Gasteiger partial charge on any atom is 0.247 e. The first-order valence-electron chi connectivity index (χ1n) is 6.06. The Kier molecular flexibility index (Phi) is 3.56. The van der Waals surface area contributed by atoms with Gasteiger partial charge < -0.3 is 10.2 Å². The van der Waals surface area contributed by atoms with E-state index < -0.39 is 0 Å². The van der Waals surface area contributed by atoms with Crippen LogP contribution in [0.1, 0.15) is 21.3 Å². The lowest BCUT2D eigenvalue weighted by Crippen LogP contribution is -2.04. The van der Waals surface area contributed by atoms with Crippen molar-refractivity contribution in [2.75, 3.05) is 6.54 Å². The van der Waals surface area contributed by atoms with Gasteiger partial charge in [-0.15, -0.1) is 11.3 Å². The van der Waals surface area contributed by atoms with E-state index in [4.69, 9.17) is 21.8 Å². The third-order valence-electron chi connectivity index (χ3n) is 2.86. The Morgan fingerprint density at radius 3 is 3.05 bits per heavy atom. The van der Waals surface area contributed by atoms with Gasteiger partial charge in [-0.05, 0) is 18.7 Å². The second-order valence-electron chi connectivity index (χ2n) is 4.26. The van der Waals surface area contributed by atoms with E-state index in [1.54, 1.807) is 17.5 Å². The first-order valence-corrected chi connectivity index (χ1v) is 7.32. The molecule has 0 fully saturated rings. The number of ketones is 1. The van der Waals surface area contributed by atoms with Crippen LogP contribution in [0.3, 0.4) is 0 Å². The van der Waals surface area contributed by atoms with Crippen LogP contribution in [0.25, 0.3) is 11.0 Å². The predicted octanol–water partition coefficient (Wildman–Crippen LogP) is 3.27. The Bertz CT molecular complexity index is 778. The summed E-state index contributed by atoms with van der Waals surface area (Å²) in [5, 5.41) is 3.87. The molecule has 0 bridgehead atoms. The molecule has 20 heavy (non-hydrogen) atoms. The van der Waals surface area contributed by atoms with Gasteiger partial charge in [0, 0.05) is 17.2 Å². The molecule has 0 unspecified atom stereocenters. The van der Waals surface area contributed by atoms with Gasteiger partial charge in [0.05, 0.1) is 10.0 Å². The lowest BCUT2D eigenvalue weighted by molar-refractivity contribution is 0.101. The topological polar surface area (TPSA) is 69.1 Å². The lowest BCUT2D eigenvalue weighted by Gasteiger charge is -1.92. The fraction of sp³-hybridized carbons (Fsp3) is 0.143. The molecule has 0 aliphatic carbocycles. The minimum atomic E-state index is -0.239. The standard InChI is InChI=1S/C14H11ClN2O2S/c15-9-3-1-2-8-6-11(19-14(8)9)13(18)10-7-20-12(17-10)4-5-16/h1-3,6-7H,4-5,16H2. The number of nitrogens with zero attached hydrogens (tertiary/aromatic N) is 1. The van der Waals surface area contributed by atoms with Crippen molar-refractivity contribution in [3.8, 4) is 0 Å². The van der Waals surface area contributed by atoms with Crippen molar-refractivity contribution in [2.24, 2.45) is 5.73 Å². The number of furan rings is 1. The van der Waals surface area contributed by atoms with E-state index in [1.807, 2.05) is 12.1 Å². The number of halogens is 1. The number of rotatable bonds is 4. The van der Waals surface area contributed by atoms with Crippen LogP contribution in [-0.4, -0.2) is 17.3 Å². The Labute approximate surface area is 124 Å². The zero-order valence-corrected chi connectivity index (χ0v) is 12.0. The summed E-state index contributed by atoms with van der Waals surface area (Å²) in [6.07, 6.45) is 0.671. The average Bonchev–Trinajstić information content (AvgIpc) is 3.05. The zero-order chi connectivity index (χ0) is 14.1. The summed E-state index contributed by atoms with van der Waals surface area (Å²) in [4.78, 5) is 16.6. The molecule has 0 aliphatic heterocycles. The van der Waals surface area contributed by atoms with Crippen LogP contribution in [0.4, 0.5) is 0 Å². The van der Waals surface area contributed by atoms with Crippen molar-refractivity contribution in [3.63, 3.8) is 0 Å². The summed E-state index contributed by atoms with van der Waals surface area (Å²) >= 11 is 7.46. The lowest BCUT2D eigenvalue weighted by atomic mass is 10.2. The molecular weight excluding hydrogens is 296 g/mol. The summed E-state index contributed by atoms with van der Waals surface area (Å²) in [5.41, 5.74) is 6.38. The molecule has 1 aromatic carbocycles. The fourth-order valence-electron chi connectivity index (χ4n) is 1.92. The zero-order valence-electron chi connectivity index (χ0n) is 10.4. The van der Waals surface area contributed by atoms with Crippen LogP contribution in [0.15, 0.2) is 34.1 Å². The minimum Gasteiger partial charge on any atom is -0.451 e. The van der Waals surface area contributed by atoms with Crippen LogP contribution >= 0.6 is 22.9 Å². The normalized spacial score (nSPS) is 11.1. The molecule has 4 nitrogen and oxygen atoms in total. The molecule has 2 aromatic heterocycles. The van der Waals surface area contributed by atoms with E-state index in [1.165, 1.54) is 11.3 Å². The predicted molar refractivity (Wildman–Crippen MR) is 79.5 cm³/mol. The molecule has 3 aromatic rings. The van der Waals surface area contributed by atoms with Crippen LogP contribution < -0.4 is 5.73 Å². The molecule has 0 saturated heterocycles. The molecule has 102 valence electrons. The first-order chi connectivity index (χ1) is 9.69. The van der Waals surface area contributed by atoms with Gasteiger partial charge in [-0.3, -0.25) is 4.79 Å². The number of para-hydroxylation sites is 1. The van der Waals surface area contributed by atoms with Gasteiger partial charge in [-0.25, -0.2) is 4.98 Å². The molecule has 0 amide bonds. The molecule has 0 radical (unpaired) electrons. The number of fused-ring (bicyclic) bond motifs is 1. The molecule has 6 heteroatoms. The largest absolute Gasteiger partial charge is 0.451 e. The Hall–Kier alpha value is -1.69. The van der Waals surface area contributed by atoms with E-state index in [2.05, 4.69) is 4.98 Å². The van der Waals surface area contributed by atoms with Gasteiger partial charge >= 0.3 is 0 Å². The number of carbonyl (C=O) groups is 1. The summed E-state index contributed by atoms with van der Waals surface area (Å²) in [7, 11) is 0.